The number of unbranched alkanes of at least 4 members (excludes halogenated alkanes) is 4. The van der Waals surface area contributed by atoms with Crippen LogP contribution in [0.1, 0.15) is 87.1 Å². The van der Waals surface area contributed by atoms with Gasteiger partial charge in [0, 0.05) is 13.0 Å². The van der Waals surface area contributed by atoms with Crippen LogP contribution >= 0.6 is 0 Å². The third-order valence-corrected chi connectivity index (χ3v) is 8.92. The number of carbonyl (C=O) groups is 5. The lowest BCUT2D eigenvalue weighted by Crippen LogP contribution is -2.30. The van der Waals surface area contributed by atoms with Crippen molar-refractivity contribution in [1.82, 2.24) is 0 Å². The monoisotopic (exact) mass is 758 g/mol. The summed E-state index contributed by atoms with van der Waals surface area (Å²) in [5.74, 6) is -0.198. The summed E-state index contributed by atoms with van der Waals surface area (Å²) < 4.78 is 38.2. The van der Waals surface area contributed by atoms with Gasteiger partial charge in [0.2, 0.25) is 0 Å². The van der Waals surface area contributed by atoms with Crippen LogP contribution in [0.25, 0.3) is 0 Å². The first-order valence-corrected chi connectivity index (χ1v) is 18.8. The van der Waals surface area contributed by atoms with E-state index in [-0.39, 0.29) is 29.7 Å². The maximum atomic E-state index is 13.0. The molecule has 1 aliphatic carbocycles. The van der Waals surface area contributed by atoms with Crippen LogP contribution in [0.3, 0.4) is 0 Å². The molecular weight excluding hydrogens is 708 g/mol. The normalized spacial score (nSPS) is 14.9. The molecule has 0 aromatic heterocycles. The van der Waals surface area contributed by atoms with E-state index in [1.807, 2.05) is 0 Å². The Balaban J connectivity index is 1.12. The predicted octanol–water partition coefficient (Wildman–Crippen LogP) is 7.92. The first-order chi connectivity index (χ1) is 26.6. The zero-order chi connectivity index (χ0) is 39.4. The number of hydrogen-bond acceptors (Lipinski definition) is 12. The molecule has 0 saturated heterocycles. The molecule has 3 aromatic rings. The molecule has 294 valence electrons. The van der Waals surface area contributed by atoms with E-state index in [2.05, 4.69) is 6.58 Å². The average Bonchev–Trinajstić information content (AvgIpc) is 3.18. The molecule has 0 atom stereocenters. The van der Waals surface area contributed by atoms with Crippen LogP contribution in [0.15, 0.2) is 79.4 Å². The molecule has 0 radical (unpaired) electrons. The van der Waals surface area contributed by atoms with Crippen molar-refractivity contribution >= 4 is 29.8 Å². The molecule has 0 N–H and O–H groups in total. The number of aryl methyl sites for hydroxylation is 1. The molecule has 0 unspecified atom stereocenters. The van der Waals surface area contributed by atoms with E-state index in [0.717, 1.165) is 38.2 Å². The highest BCUT2D eigenvalue weighted by molar-refractivity contribution is 5.91. The van der Waals surface area contributed by atoms with Gasteiger partial charge in [-0.2, -0.15) is 0 Å². The van der Waals surface area contributed by atoms with Crippen LogP contribution in [0.4, 0.5) is 0 Å². The van der Waals surface area contributed by atoms with Gasteiger partial charge in [-0.1, -0.05) is 6.58 Å². The molecule has 0 amide bonds. The van der Waals surface area contributed by atoms with Gasteiger partial charge in [0.25, 0.3) is 0 Å². The number of rotatable bonds is 21. The fourth-order valence-electron chi connectivity index (χ4n) is 5.80. The summed E-state index contributed by atoms with van der Waals surface area (Å²) in [7, 11) is 0. The molecule has 0 bridgehead atoms. The minimum atomic E-state index is -0.538. The zero-order valence-corrected chi connectivity index (χ0v) is 31.6. The Labute approximate surface area is 322 Å². The molecule has 1 aliphatic rings. The highest BCUT2D eigenvalue weighted by Crippen LogP contribution is 2.32. The van der Waals surface area contributed by atoms with Crippen LogP contribution in [0.5, 0.6) is 28.7 Å². The predicted molar refractivity (Wildman–Crippen MR) is 202 cm³/mol. The van der Waals surface area contributed by atoms with E-state index >= 15 is 0 Å². The number of hydrogen-bond donors (Lipinski definition) is 0. The Morgan fingerprint density at radius 2 is 1.07 bits per heavy atom. The van der Waals surface area contributed by atoms with E-state index in [1.165, 1.54) is 6.92 Å². The molecule has 0 aliphatic heterocycles. The van der Waals surface area contributed by atoms with Crippen LogP contribution in [-0.4, -0.2) is 56.3 Å². The lowest BCUT2D eigenvalue weighted by Gasteiger charge is -2.25. The minimum absolute atomic E-state index is 0.305. The number of ether oxygens (including phenoxy) is 7. The second-order valence-electron chi connectivity index (χ2n) is 13.2. The van der Waals surface area contributed by atoms with Gasteiger partial charge in [0.05, 0.1) is 43.8 Å². The van der Waals surface area contributed by atoms with Crippen molar-refractivity contribution in [3.05, 3.63) is 90.5 Å². The molecule has 4 rings (SSSR count). The van der Waals surface area contributed by atoms with Crippen molar-refractivity contribution in [1.29, 1.82) is 0 Å². The fourth-order valence-corrected chi connectivity index (χ4v) is 5.80. The van der Waals surface area contributed by atoms with Crippen molar-refractivity contribution in [2.45, 2.75) is 78.1 Å². The van der Waals surface area contributed by atoms with Gasteiger partial charge in [-0.25, -0.2) is 9.59 Å². The summed E-state index contributed by atoms with van der Waals surface area (Å²) in [6, 6.07) is 18.4. The van der Waals surface area contributed by atoms with E-state index in [4.69, 9.17) is 33.2 Å². The number of carbonyl (C=O) groups excluding carboxylic acids is 5. The lowest BCUT2D eigenvalue weighted by molar-refractivity contribution is -0.145. The quantitative estimate of drug-likeness (QED) is 0.0449. The van der Waals surface area contributed by atoms with Crippen molar-refractivity contribution in [2.24, 2.45) is 11.8 Å². The summed E-state index contributed by atoms with van der Waals surface area (Å²) in [4.78, 5) is 60.5. The summed E-state index contributed by atoms with van der Waals surface area (Å²) in [5, 5.41) is 0. The summed E-state index contributed by atoms with van der Waals surface area (Å²) in [5.41, 5.74) is 0.970. The van der Waals surface area contributed by atoms with Crippen molar-refractivity contribution < 1.29 is 57.1 Å². The number of benzene rings is 3. The summed E-state index contributed by atoms with van der Waals surface area (Å²) in [6.07, 6.45) is 8.13. The molecule has 1 fully saturated rings. The summed E-state index contributed by atoms with van der Waals surface area (Å²) in [6.45, 7) is 8.24. The first kappa shape index (κ1) is 42.1. The fraction of sp³-hybridized carbons (Fsp3) is 0.419. The second kappa shape index (κ2) is 22.5. The van der Waals surface area contributed by atoms with Gasteiger partial charge in [-0.05, 0) is 143 Å². The molecular formula is C43H50O12. The zero-order valence-electron chi connectivity index (χ0n) is 31.6. The van der Waals surface area contributed by atoms with Crippen molar-refractivity contribution in [3.8, 4) is 28.7 Å². The van der Waals surface area contributed by atoms with Gasteiger partial charge >= 0.3 is 29.8 Å². The van der Waals surface area contributed by atoms with Gasteiger partial charge in [-0.3, -0.25) is 14.4 Å². The highest BCUT2D eigenvalue weighted by atomic mass is 16.6. The Morgan fingerprint density at radius 1 is 0.600 bits per heavy atom. The topological polar surface area (TPSA) is 150 Å². The molecule has 55 heavy (non-hydrogen) atoms. The van der Waals surface area contributed by atoms with E-state index in [0.29, 0.717) is 98.4 Å². The smallest absolute Gasteiger partial charge is 0.343 e. The maximum Gasteiger partial charge on any atom is 0.343 e. The molecule has 0 spiro atoms. The molecule has 12 nitrogen and oxygen atoms in total. The molecule has 3 aromatic carbocycles. The summed E-state index contributed by atoms with van der Waals surface area (Å²) >= 11 is 0. The van der Waals surface area contributed by atoms with E-state index in [9.17, 15) is 24.0 Å². The standard InChI is InChI=1S/C43H50O12/c1-4-40(45)52-28-8-6-5-7-26-50-36-19-21-37(22-20-36)53-41(46)32-11-13-33(14-12-32)42(47)54-38-23-24-39(30(2)29-38)55-43(48)34-15-17-35(18-16-34)51-27-10-9-25-49-31(3)44/h4,15-24,29,32-33H,1,5-14,25-28H2,2-3H3. The SMILES string of the molecule is C=CC(=O)OCCCCCCOc1ccc(OC(=O)C2CCC(C(=O)Oc3ccc(OC(=O)c4ccc(OCCCCOC(C)=O)cc4)c(C)c3)CC2)cc1. The van der Waals surface area contributed by atoms with E-state index < -0.39 is 11.9 Å². The first-order valence-electron chi connectivity index (χ1n) is 18.8. The third kappa shape index (κ3) is 15.0. The van der Waals surface area contributed by atoms with Crippen LogP contribution in [0, 0.1) is 18.8 Å². The van der Waals surface area contributed by atoms with Crippen molar-refractivity contribution in [3.63, 3.8) is 0 Å². The Morgan fingerprint density at radius 3 is 1.64 bits per heavy atom. The highest BCUT2D eigenvalue weighted by Gasteiger charge is 2.32. The van der Waals surface area contributed by atoms with Gasteiger partial charge in [-0.15, -0.1) is 0 Å². The Hall–Kier alpha value is -5.65. The maximum absolute atomic E-state index is 13.0. The van der Waals surface area contributed by atoms with Crippen LogP contribution in [-0.2, 0) is 28.7 Å². The number of esters is 5. The largest absolute Gasteiger partial charge is 0.494 e. The second-order valence-corrected chi connectivity index (χ2v) is 13.2. The Kier molecular flexibility index (Phi) is 17.3. The molecule has 1 saturated carbocycles. The molecule has 0 heterocycles. The third-order valence-electron chi connectivity index (χ3n) is 8.92. The lowest BCUT2D eigenvalue weighted by atomic mass is 9.82. The van der Waals surface area contributed by atoms with E-state index in [1.54, 1.807) is 73.7 Å². The van der Waals surface area contributed by atoms with Crippen molar-refractivity contribution in [2.75, 3.05) is 26.4 Å². The van der Waals surface area contributed by atoms with Crippen LogP contribution < -0.4 is 23.7 Å². The van der Waals surface area contributed by atoms with Gasteiger partial charge in [0.15, 0.2) is 0 Å². The van der Waals surface area contributed by atoms with Crippen LogP contribution in [0.2, 0.25) is 0 Å². The Bertz CT molecular complexity index is 1720. The average molecular weight is 759 g/mol. The van der Waals surface area contributed by atoms with Gasteiger partial charge in [0.1, 0.15) is 28.7 Å². The molecule has 12 heteroatoms. The van der Waals surface area contributed by atoms with Gasteiger partial charge < -0.3 is 33.2 Å². The minimum Gasteiger partial charge on any atom is -0.494 e.